The lowest BCUT2D eigenvalue weighted by Crippen LogP contribution is -2.50. The van der Waals surface area contributed by atoms with Crippen molar-refractivity contribution in [3.8, 4) is 5.75 Å². The van der Waals surface area contributed by atoms with E-state index < -0.39 is 5.97 Å². The molecule has 0 bridgehead atoms. The van der Waals surface area contributed by atoms with Gasteiger partial charge in [0.15, 0.2) is 0 Å². The maximum absolute atomic E-state index is 13.0. The molecule has 3 rings (SSSR count). The topological polar surface area (TPSA) is 102 Å². The van der Waals surface area contributed by atoms with Crippen LogP contribution in [-0.2, 0) is 21.3 Å². The molecule has 0 radical (unpaired) electrons. The molecular formula is C23H32N4O6. The number of esters is 1. The quantitative estimate of drug-likeness (QED) is 0.633. The van der Waals surface area contributed by atoms with Gasteiger partial charge in [-0.05, 0) is 32.9 Å². The summed E-state index contributed by atoms with van der Waals surface area (Å²) in [6, 6.07) is 3.62. The molecule has 180 valence electrons. The summed E-state index contributed by atoms with van der Waals surface area (Å²) < 4.78 is 17.7. The Morgan fingerprint density at radius 3 is 2.30 bits per heavy atom. The van der Waals surface area contributed by atoms with Crippen molar-refractivity contribution in [2.75, 3.05) is 58.4 Å². The van der Waals surface area contributed by atoms with Crippen LogP contribution in [0.2, 0.25) is 0 Å². The fourth-order valence-electron chi connectivity index (χ4n) is 4.07. The van der Waals surface area contributed by atoms with Crippen LogP contribution in [0.3, 0.4) is 0 Å². The average Bonchev–Trinajstić information content (AvgIpc) is 3.05. The van der Waals surface area contributed by atoms with Crippen LogP contribution in [0.4, 0.5) is 10.5 Å². The van der Waals surface area contributed by atoms with E-state index in [0.717, 1.165) is 11.2 Å². The number of benzene rings is 1. The molecule has 1 fully saturated rings. The Balaban J connectivity index is 1.82. The van der Waals surface area contributed by atoms with E-state index in [-0.39, 0.29) is 25.2 Å². The van der Waals surface area contributed by atoms with E-state index in [1.165, 1.54) is 7.11 Å². The third-order valence-electron chi connectivity index (χ3n) is 5.85. The molecule has 1 aliphatic heterocycles. The number of fused-ring (bicyclic) bond motifs is 1. The van der Waals surface area contributed by atoms with Gasteiger partial charge in [0.05, 0.1) is 43.6 Å². The molecule has 2 heterocycles. The molecule has 33 heavy (non-hydrogen) atoms. The van der Waals surface area contributed by atoms with E-state index >= 15 is 0 Å². The second-order valence-electron chi connectivity index (χ2n) is 7.79. The fourth-order valence-corrected chi connectivity index (χ4v) is 4.07. The summed E-state index contributed by atoms with van der Waals surface area (Å²) in [5, 5.41) is 3.54. The normalized spacial score (nSPS) is 14.3. The molecule has 0 unspecified atom stereocenters. The zero-order valence-electron chi connectivity index (χ0n) is 19.9. The van der Waals surface area contributed by atoms with Crippen LogP contribution >= 0.6 is 0 Å². The highest BCUT2D eigenvalue weighted by atomic mass is 16.6. The van der Waals surface area contributed by atoms with Gasteiger partial charge < -0.3 is 29.0 Å². The number of anilines is 1. The van der Waals surface area contributed by atoms with Gasteiger partial charge in [-0.25, -0.2) is 9.59 Å². The molecular weight excluding hydrogens is 428 g/mol. The minimum Gasteiger partial charge on any atom is -0.495 e. The number of amides is 2. The van der Waals surface area contributed by atoms with Gasteiger partial charge in [-0.1, -0.05) is 0 Å². The maximum Gasteiger partial charge on any atom is 0.409 e. The Bertz CT molecular complexity index is 1040. The molecule has 10 heteroatoms. The Morgan fingerprint density at radius 2 is 1.70 bits per heavy atom. The molecule has 2 amide bonds. The van der Waals surface area contributed by atoms with Gasteiger partial charge in [-0.15, -0.1) is 0 Å². The molecule has 0 aliphatic carbocycles. The van der Waals surface area contributed by atoms with Gasteiger partial charge >= 0.3 is 12.1 Å². The Morgan fingerprint density at radius 1 is 1.03 bits per heavy atom. The van der Waals surface area contributed by atoms with Crippen LogP contribution in [0, 0.1) is 6.92 Å². The third kappa shape index (κ3) is 5.05. The first-order chi connectivity index (χ1) is 15.8. The van der Waals surface area contributed by atoms with Crippen LogP contribution in [0.25, 0.3) is 10.9 Å². The van der Waals surface area contributed by atoms with Crippen molar-refractivity contribution >= 4 is 34.6 Å². The summed E-state index contributed by atoms with van der Waals surface area (Å²) in [5.74, 6) is -0.222. The molecule has 2 aromatic rings. The second kappa shape index (κ2) is 10.6. The largest absolute Gasteiger partial charge is 0.495 e. The number of carbonyl (C=O) groups is 3. The molecule has 10 nitrogen and oxygen atoms in total. The number of hydrogen-bond donors (Lipinski definition) is 1. The van der Waals surface area contributed by atoms with E-state index in [1.54, 1.807) is 24.8 Å². The van der Waals surface area contributed by atoms with Gasteiger partial charge in [-0.2, -0.15) is 0 Å². The first-order valence-corrected chi connectivity index (χ1v) is 11.1. The van der Waals surface area contributed by atoms with Gasteiger partial charge in [0.2, 0.25) is 5.91 Å². The van der Waals surface area contributed by atoms with E-state index in [4.69, 9.17) is 14.2 Å². The van der Waals surface area contributed by atoms with Crippen molar-refractivity contribution in [2.24, 2.45) is 7.05 Å². The van der Waals surface area contributed by atoms with Crippen LogP contribution < -0.4 is 10.1 Å². The summed E-state index contributed by atoms with van der Waals surface area (Å²) in [5.41, 5.74) is 2.38. The van der Waals surface area contributed by atoms with Crippen LogP contribution in [0.15, 0.2) is 12.1 Å². The molecule has 1 aromatic carbocycles. The van der Waals surface area contributed by atoms with Crippen LogP contribution in [-0.4, -0.2) is 85.4 Å². The molecule has 1 saturated heterocycles. The summed E-state index contributed by atoms with van der Waals surface area (Å²) in [4.78, 5) is 41.2. The van der Waals surface area contributed by atoms with Crippen molar-refractivity contribution < 1.29 is 28.6 Å². The van der Waals surface area contributed by atoms with Gasteiger partial charge in [0, 0.05) is 44.3 Å². The number of piperazine rings is 1. The molecule has 0 saturated carbocycles. The van der Waals surface area contributed by atoms with Crippen molar-refractivity contribution in [3.63, 3.8) is 0 Å². The zero-order valence-corrected chi connectivity index (χ0v) is 19.9. The number of aryl methyl sites for hydroxylation is 1. The van der Waals surface area contributed by atoms with Gasteiger partial charge in [-0.3, -0.25) is 9.69 Å². The number of nitrogens with zero attached hydrogens (tertiary/aromatic N) is 3. The van der Waals surface area contributed by atoms with E-state index in [2.05, 4.69) is 5.32 Å². The molecule has 0 spiro atoms. The highest BCUT2D eigenvalue weighted by Gasteiger charge is 2.27. The van der Waals surface area contributed by atoms with E-state index in [0.29, 0.717) is 55.2 Å². The SMILES string of the molecule is CCOC(=O)c1c(C)n(C)c2ccc(OC)c(NC(=O)CN3CCN(C(=O)OCC)CC3)c12. The van der Waals surface area contributed by atoms with Gasteiger partial charge in [0.25, 0.3) is 0 Å². The summed E-state index contributed by atoms with van der Waals surface area (Å²) >= 11 is 0. The minimum absolute atomic E-state index is 0.150. The Labute approximate surface area is 193 Å². The molecule has 0 atom stereocenters. The van der Waals surface area contributed by atoms with Crippen LogP contribution in [0.1, 0.15) is 29.9 Å². The van der Waals surface area contributed by atoms with E-state index in [1.807, 2.05) is 29.5 Å². The maximum atomic E-state index is 13.0. The highest BCUT2D eigenvalue weighted by Crippen LogP contribution is 2.38. The smallest absolute Gasteiger partial charge is 0.409 e. The predicted molar refractivity (Wildman–Crippen MR) is 124 cm³/mol. The average molecular weight is 461 g/mol. The number of carbonyl (C=O) groups excluding carboxylic acids is 3. The monoisotopic (exact) mass is 460 g/mol. The first-order valence-electron chi connectivity index (χ1n) is 11.1. The first kappa shape index (κ1) is 24.4. The second-order valence-corrected chi connectivity index (χ2v) is 7.79. The highest BCUT2D eigenvalue weighted by molar-refractivity contribution is 6.14. The lowest BCUT2D eigenvalue weighted by Gasteiger charge is -2.33. The van der Waals surface area contributed by atoms with Crippen molar-refractivity contribution in [3.05, 3.63) is 23.4 Å². The van der Waals surface area contributed by atoms with Crippen molar-refractivity contribution in [2.45, 2.75) is 20.8 Å². The fraction of sp³-hybridized carbons (Fsp3) is 0.522. The van der Waals surface area contributed by atoms with Crippen LogP contribution in [0.5, 0.6) is 5.75 Å². The Hall–Kier alpha value is -3.27. The summed E-state index contributed by atoms with van der Waals surface area (Å²) in [6.07, 6.45) is -0.330. The van der Waals surface area contributed by atoms with E-state index in [9.17, 15) is 14.4 Å². The van der Waals surface area contributed by atoms with Crippen molar-refractivity contribution in [1.82, 2.24) is 14.4 Å². The summed E-state index contributed by atoms with van der Waals surface area (Å²) in [7, 11) is 3.38. The number of ether oxygens (including phenoxy) is 3. The number of rotatable bonds is 7. The molecule has 1 aliphatic rings. The molecule has 1 N–H and O–H groups in total. The lowest BCUT2D eigenvalue weighted by atomic mass is 10.1. The Kier molecular flexibility index (Phi) is 7.80. The predicted octanol–water partition coefficient (Wildman–Crippen LogP) is 2.38. The minimum atomic E-state index is -0.445. The lowest BCUT2D eigenvalue weighted by molar-refractivity contribution is -0.117. The standard InChI is InChI=1S/C23H32N4O6/c1-6-32-22(29)19-15(3)25(4)16-8-9-17(31-5)21(20(16)19)24-18(28)14-26-10-12-27(13-11-26)23(30)33-7-2/h8-9H,6-7,10-14H2,1-5H3,(H,24,28). The summed E-state index contributed by atoms with van der Waals surface area (Å²) in [6.45, 7) is 8.21. The third-order valence-corrected chi connectivity index (χ3v) is 5.85. The number of nitrogens with one attached hydrogen (secondary N) is 1. The molecule has 1 aromatic heterocycles. The zero-order chi connectivity index (χ0) is 24.1. The number of methoxy groups -OCH3 is 1. The number of hydrogen-bond acceptors (Lipinski definition) is 7. The van der Waals surface area contributed by atoms with Crippen molar-refractivity contribution in [1.29, 1.82) is 0 Å². The number of aromatic nitrogens is 1. The van der Waals surface area contributed by atoms with Gasteiger partial charge in [0.1, 0.15) is 5.75 Å².